The predicted molar refractivity (Wildman–Crippen MR) is 96.3 cm³/mol. The summed E-state index contributed by atoms with van der Waals surface area (Å²) in [5.74, 6) is 1.82. The summed E-state index contributed by atoms with van der Waals surface area (Å²) >= 11 is 0. The molecule has 0 aliphatic heterocycles. The largest absolute Gasteiger partial charge is 0.489 e. The molecule has 1 N–H and O–H groups in total. The van der Waals surface area contributed by atoms with Crippen LogP contribution in [0.4, 0.5) is 0 Å². The van der Waals surface area contributed by atoms with E-state index in [1.165, 1.54) is 0 Å². The molecule has 20 heavy (non-hydrogen) atoms. The molecular formula is C15H26IN3O. The van der Waals surface area contributed by atoms with Gasteiger partial charge in [-0.2, -0.15) is 0 Å². The topological polar surface area (TPSA) is 36.9 Å². The molecule has 4 nitrogen and oxygen atoms in total. The molecule has 0 saturated heterocycles. The minimum absolute atomic E-state index is 0. The maximum atomic E-state index is 5.90. The van der Waals surface area contributed by atoms with Crippen molar-refractivity contribution in [2.75, 3.05) is 27.2 Å². The van der Waals surface area contributed by atoms with Gasteiger partial charge in [-0.1, -0.05) is 18.2 Å². The van der Waals surface area contributed by atoms with E-state index in [0.29, 0.717) is 6.54 Å². The predicted octanol–water partition coefficient (Wildman–Crippen LogP) is 2.91. The zero-order valence-corrected chi connectivity index (χ0v) is 15.3. The Kier molecular flexibility index (Phi) is 9.37. The molecule has 5 heteroatoms. The van der Waals surface area contributed by atoms with Gasteiger partial charge in [-0.15, -0.1) is 24.0 Å². The van der Waals surface area contributed by atoms with E-state index < -0.39 is 0 Å². The molecule has 0 aliphatic rings. The van der Waals surface area contributed by atoms with Gasteiger partial charge in [-0.25, -0.2) is 4.99 Å². The fourth-order valence-electron chi connectivity index (χ4n) is 1.67. The summed E-state index contributed by atoms with van der Waals surface area (Å²) in [6, 6.07) is 8.05. The van der Waals surface area contributed by atoms with Gasteiger partial charge in [0.15, 0.2) is 5.96 Å². The van der Waals surface area contributed by atoms with Gasteiger partial charge >= 0.3 is 0 Å². The SMILES string of the molecule is CCNC(=NCC(C)Oc1ccccc1C)N(C)C.I. The van der Waals surface area contributed by atoms with Crippen LogP contribution >= 0.6 is 24.0 Å². The van der Waals surface area contributed by atoms with Crippen molar-refractivity contribution in [1.29, 1.82) is 0 Å². The van der Waals surface area contributed by atoms with Crippen molar-refractivity contribution in [3.63, 3.8) is 0 Å². The van der Waals surface area contributed by atoms with Gasteiger partial charge < -0.3 is 15.0 Å². The number of halogens is 1. The van der Waals surface area contributed by atoms with E-state index >= 15 is 0 Å². The van der Waals surface area contributed by atoms with E-state index in [1.54, 1.807) is 0 Å². The summed E-state index contributed by atoms with van der Waals surface area (Å²) in [6.45, 7) is 7.65. The monoisotopic (exact) mass is 391 g/mol. The van der Waals surface area contributed by atoms with E-state index in [9.17, 15) is 0 Å². The molecule has 0 aromatic heterocycles. The van der Waals surface area contributed by atoms with Gasteiger partial charge in [-0.3, -0.25) is 0 Å². The first kappa shape index (κ1) is 19.0. The molecule has 1 aromatic carbocycles. The first-order chi connectivity index (χ1) is 9.04. The summed E-state index contributed by atoms with van der Waals surface area (Å²) in [4.78, 5) is 6.52. The average Bonchev–Trinajstić information content (AvgIpc) is 2.37. The quantitative estimate of drug-likeness (QED) is 0.477. The van der Waals surface area contributed by atoms with E-state index in [-0.39, 0.29) is 30.1 Å². The van der Waals surface area contributed by atoms with Crippen molar-refractivity contribution in [3.05, 3.63) is 29.8 Å². The number of hydrogen-bond donors (Lipinski definition) is 1. The van der Waals surface area contributed by atoms with Gasteiger partial charge in [0.05, 0.1) is 6.54 Å². The number of aliphatic imine (C=N–C) groups is 1. The van der Waals surface area contributed by atoms with Crippen LogP contribution in [0.5, 0.6) is 5.75 Å². The molecule has 0 aliphatic carbocycles. The Morgan fingerprint density at radius 3 is 2.55 bits per heavy atom. The van der Waals surface area contributed by atoms with Crippen molar-refractivity contribution >= 4 is 29.9 Å². The van der Waals surface area contributed by atoms with Crippen molar-refractivity contribution in [3.8, 4) is 5.75 Å². The van der Waals surface area contributed by atoms with Crippen molar-refractivity contribution in [2.45, 2.75) is 26.9 Å². The normalized spacial score (nSPS) is 12.3. The minimum Gasteiger partial charge on any atom is -0.489 e. The third kappa shape index (κ3) is 6.45. The lowest BCUT2D eigenvalue weighted by atomic mass is 10.2. The second-order valence-corrected chi connectivity index (χ2v) is 4.78. The highest BCUT2D eigenvalue weighted by Crippen LogP contribution is 2.17. The molecule has 1 unspecified atom stereocenters. The molecule has 0 saturated carbocycles. The second kappa shape index (κ2) is 9.85. The maximum Gasteiger partial charge on any atom is 0.193 e. The smallest absolute Gasteiger partial charge is 0.193 e. The van der Waals surface area contributed by atoms with Crippen molar-refractivity contribution in [1.82, 2.24) is 10.2 Å². The van der Waals surface area contributed by atoms with Gasteiger partial charge in [0.25, 0.3) is 0 Å². The van der Waals surface area contributed by atoms with Crippen LogP contribution in [0, 0.1) is 6.92 Å². The highest BCUT2D eigenvalue weighted by Gasteiger charge is 2.06. The van der Waals surface area contributed by atoms with E-state index in [1.807, 2.05) is 44.1 Å². The van der Waals surface area contributed by atoms with Gasteiger partial charge in [0, 0.05) is 20.6 Å². The summed E-state index contributed by atoms with van der Waals surface area (Å²) in [5.41, 5.74) is 1.15. The van der Waals surface area contributed by atoms with Crippen LogP contribution in [0.25, 0.3) is 0 Å². The molecule has 0 bridgehead atoms. The zero-order chi connectivity index (χ0) is 14.3. The lowest BCUT2D eigenvalue weighted by Gasteiger charge is -2.19. The first-order valence-corrected chi connectivity index (χ1v) is 6.72. The van der Waals surface area contributed by atoms with E-state index in [0.717, 1.165) is 23.8 Å². The third-order valence-corrected chi connectivity index (χ3v) is 2.68. The van der Waals surface area contributed by atoms with E-state index in [2.05, 4.69) is 30.2 Å². The Morgan fingerprint density at radius 2 is 2.00 bits per heavy atom. The number of ether oxygens (including phenoxy) is 1. The standard InChI is InChI=1S/C15H25N3O.HI/c1-6-16-15(18(4)5)17-11-13(3)19-14-10-8-7-9-12(14)2;/h7-10,13H,6,11H2,1-5H3,(H,16,17);1H. The molecule has 0 heterocycles. The molecule has 0 spiro atoms. The zero-order valence-electron chi connectivity index (χ0n) is 13.0. The fraction of sp³-hybridized carbons (Fsp3) is 0.533. The summed E-state index contributed by atoms with van der Waals surface area (Å²) in [6.07, 6.45) is 0.0507. The Bertz CT molecular complexity index is 421. The van der Waals surface area contributed by atoms with Crippen LogP contribution in [-0.2, 0) is 0 Å². The molecule has 0 fully saturated rings. The highest BCUT2D eigenvalue weighted by atomic mass is 127. The van der Waals surface area contributed by atoms with Crippen LogP contribution in [0.15, 0.2) is 29.3 Å². The van der Waals surface area contributed by atoms with Gasteiger partial charge in [0.1, 0.15) is 11.9 Å². The second-order valence-electron chi connectivity index (χ2n) is 4.78. The minimum atomic E-state index is 0. The molecule has 1 rings (SSSR count). The lowest BCUT2D eigenvalue weighted by Crippen LogP contribution is -2.37. The van der Waals surface area contributed by atoms with Crippen LogP contribution in [0.3, 0.4) is 0 Å². The molecule has 0 radical (unpaired) electrons. The summed E-state index contributed by atoms with van der Waals surface area (Å²) in [5, 5.41) is 3.23. The van der Waals surface area contributed by atoms with Crippen molar-refractivity contribution < 1.29 is 4.74 Å². The molecule has 0 amide bonds. The number of benzene rings is 1. The fourth-order valence-corrected chi connectivity index (χ4v) is 1.67. The Hall–Kier alpha value is -0.980. The number of para-hydroxylation sites is 1. The molecular weight excluding hydrogens is 365 g/mol. The molecule has 1 atom stereocenters. The number of nitrogens with zero attached hydrogens (tertiary/aromatic N) is 2. The first-order valence-electron chi connectivity index (χ1n) is 6.72. The van der Waals surface area contributed by atoms with Crippen molar-refractivity contribution in [2.24, 2.45) is 4.99 Å². The Morgan fingerprint density at radius 1 is 1.35 bits per heavy atom. The van der Waals surface area contributed by atoms with E-state index in [4.69, 9.17) is 4.74 Å². The van der Waals surface area contributed by atoms with Gasteiger partial charge in [0.2, 0.25) is 0 Å². The average molecular weight is 391 g/mol. The maximum absolute atomic E-state index is 5.90. The Labute approximate surface area is 139 Å². The number of hydrogen-bond acceptors (Lipinski definition) is 2. The Balaban J connectivity index is 0.00000361. The number of guanidine groups is 1. The van der Waals surface area contributed by atoms with Crippen LogP contribution in [0.2, 0.25) is 0 Å². The van der Waals surface area contributed by atoms with Crippen LogP contribution < -0.4 is 10.1 Å². The lowest BCUT2D eigenvalue weighted by molar-refractivity contribution is 0.228. The number of aryl methyl sites for hydroxylation is 1. The van der Waals surface area contributed by atoms with Gasteiger partial charge in [-0.05, 0) is 32.4 Å². The number of nitrogens with one attached hydrogen (secondary N) is 1. The molecule has 1 aromatic rings. The number of rotatable bonds is 5. The van der Waals surface area contributed by atoms with Crippen LogP contribution in [-0.4, -0.2) is 44.1 Å². The van der Waals surface area contributed by atoms with Crippen LogP contribution in [0.1, 0.15) is 19.4 Å². The summed E-state index contributed by atoms with van der Waals surface area (Å²) < 4.78 is 5.90. The molecule has 114 valence electrons. The highest BCUT2D eigenvalue weighted by molar-refractivity contribution is 14.0. The third-order valence-electron chi connectivity index (χ3n) is 2.68. The summed E-state index contributed by atoms with van der Waals surface area (Å²) in [7, 11) is 3.96.